The number of hydrogen-bond acceptors (Lipinski definition) is 3. The number of ether oxygens (including phenoxy) is 2. The van der Waals surface area contributed by atoms with E-state index in [1.807, 2.05) is 26.0 Å². The zero-order valence-electron chi connectivity index (χ0n) is 14.8. The number of carbonyl (C=O) groups is 1. The van der Waals surface area contributed by atoms with Crippen LogP contribution in [0.3, 0.4) is 0 Å². The van der Waals surface area contributed by atoms with E-state index in [0.717, 1.165) is 36.3 Å². The van der Waals surface area contributed by atoms with Gasteiger partial charge < -0.3 is 20.1 Å². The molecule has 3 rings (SSSR count). The Morgan fingerprint density at radius 2 is 2.12 bits per heavy atom. The van der Waals surface area contributed by atoms with Gasteiger partial charge in [-0.15, -0.1) is 0 Å². The Balaban J connectivity index is 1.55. The number of urea groups is 1. The molecule has 2 fully saturated rings. The number of nitrogens with one attached hydrogen (secondary N) is 2. The Labute approximate surface area is 144 Å². The SMILES string of the molecule is COc1ccc(C)cc1[C@H](C)NC(=O)N[C@@H]1CCO[C@H](C2CC2)C1. The van der Waals surface area contributed by atoms with Crippen molar-refractivity contribution in [2.24, 2.45) is 5.92 Å². The van der Waals surface area contributed by atoms with Crippen molar-refractivity contribution in [3.05, 3.63) is 29.3 Å². The van der Waals surface area contributed by atoms with Gasteiger partial charge in [-0.3, -0.25) is 0 Å². The van der Waals surface area contributed by atoms with Crippen molar-refractivity contribution in [3.63, 3.8) is 0 Å². The first-order chi connectivity index (χ1) is 11.6. The van der Waals surface area contributed by atoms with E-state index in [-0.39, 0.29) is 18.1 Å². The van der Waals surface area contributed by atoms with Gasteiger partial charge in [-0.05, 0) is 51.5 Å². The summed E-state index contributed by atoms with van der Waals surface area (Å²) in [4.78, 5) is 12.4. The van der Waals surface area contributed by atoms with Crippen LogP contribution in [0.4, 0.5) is 4.79 Å². The Morgan fingerprint density at radius 1 is 1.33 bits per heavy atom. The maximum Gasteiger partial charge on any atom is 0.315 e. The molecule has 1 aliphatic heterocycles. The molecule has 24 heavy (non-hydrogen) atoms. The van der Waals surface area contributed by atoms with Crippen LogP contribution >= 0.6 is 0 Å². The molecule has 0 radical (unpaired) electrons. The maximum atomic E-state index is 12.4. The van der Waals surface area contributed by atoms with Crippen LogP contribution in [0.1, 0.15) is 49.8 Å². The summed E-state index contributed by atoms with van der Waals surface area (Å²) in [6, 6.07) is 5.98. The molecule has 0 aromatic heterocycles. The molecule has 0 spiro atoms. The first-order valence-electron chi connectivity index (χ1n) is 8.90. The van der Waals surface area contributed by atoms with Crippen molar-refractivity contribution in [1.82, 2.24) is 10.6 Å². The van der Waals surface area contributed by atoms with Gasteiger partial charge in [-0.25, -0.2) is 4.79 Å². The highest BCUT2D eigenvalue weighted by Crippen LogP contribution is 2.38. The Hall–Kier alpha value is -1.75. The average molecular weight is 332 g/mol. The molecule has 1 heterocycles. The van der Waals surface area contributed by atoms with Crippen LogP contribution in [-0.4, -0.2) is 31.9 Å². The minimum absolute atomic E-state index is 0.112. The van der Waals surface area contributed by atoms with Crippen molar-refractivity contribution < 1.29 is 14.3 Å². The fourth-order valence-electron chi connectivity index (χ4n) is 3.45. The number of methoxy groups -OCH3 is 1. The molecular formula is C19H28N2O3. The van der Waals surface area contributed by atoms with Gasteiger partial charge in [0, 0.05) is 18.2 Å². The zero-order chi connectivity index (χ0) is 17.1. The van der Waals surface area contributed by atoms with Gasteiger partial charge in [-0.1, -0.05) is 17.7 Å². The number of benzene rings is 1. The monoisotopic (exact) mass is 332 g/mol. The lowest BCUT2D eigenvalue weighted by molar-refractivity contribution is -0.00917. The van der Waals surface area contributed by atoms with Gasteiger partial charge in [0.1, 0.15) is 5.75 Å². The van der Waals surface area contributed by atoms with Gasteiger partial charge in [0.15, 0.2) is 0 Å². The summed E-state index contributed by atoms with van der Waals surface area (Å²) < 4.78 is 11.2. The fourth-order valence-corrected chi connectivity index (χ4v) is 3.45. The van der Waals surface area contributed by atoms with E-state index >= 15 is 0 Å². The van der Waals surface area contributed by atoms with E-state index < -0.39 is 0 Å². The second kappa shape index (κ2) is 7.43. The lowest BCUT2D eigenvalue weighted by Crippen LogP contribution is -2.47. The third kappa shape index (κ3) is 4.20. The molecule has 2 aliphatic rings. The van der Waals surface area contributed by atoms with Crippen LogP contribution in [0.5, 0.6) is 5.75 Å². The Kier molecular flexibility index (Phi) is 5.29. The summed E-state index contributed by atoms with van der Waals surface area (Å²) >= 11 is 0. The van der Waals surface area contributed by atoms with Crippen LogP contribution in [0, 0.1) is 12.8 Å². The molecule has 0 bridgehead atoms. The first-order valence-corrected chi connectivity index (χ1v) is 8.90. The molecule has 3 atom stereocenters. The van der Waals surface area contributed by atoms with E-state index in [1.54, 1.807) is 7.11 Å². The molecule has 132 valence electrons. The summed E-state index contributed by atoms with van der Waals surface area (Å²) in [5.74, 6) is 1.52. The van der Waals surface area contributed by atoms with Crippen molar-refractivity contribution in [1.29, 1.82) is 0 Å². The predicted octanol–water partition coefficient (Wildman–Crippen LogP) is 3.32. The van der Waals surface area contributed by atoms with Crippen LogP contribution in [-0.2, 0) is 4.74 Å². The largest absolute Gasteiger partial charge is 0.496 e. The first kappa shape index (κ1) is 17.1. The van der Waals surface area contributed by atoms with Crippen LogP contribution in [0.2, 0.25) is 0 Å². The molecule has 2 amide bonds. The maximum absolute atomic E-state index is 12.4. The molecule has 1 aromatic rings. The molecule has 0 unspecified atom stereocenters. The average Bonchev–Trinajstić information content (AvgIpc) is 3.40. The van der Waals surface area contributed by atoms with Crippen molar-refractivity contribution in [2.75, 3.05) is 13.7 Å². The van der Waals surface area contributed by atoms with Crippen LogP contribution in [0.25, 0.3) is 0 Å². The highest BCUT2D eigenvalue weighted by atomic mass is 16.5. The predicted molar refractivity (Wildman–Crippen MR) is 93.3 cm³/mol. The minimum Gasteiger partial charge on any atom is -0.496 e. The number of aryl methyl sites for hydroxylation is 1. The third-order valence-corrected chi connectivity index (χ3v) is 5.00. The Morgan fingerprint density at radius 3 is 2.83 bits per heavy atom. The van der Waals surface area contributed by atoms with Crippen molar-refractivity contribution >= 4 is 6.03 Å². The van der Waals surface area contributed by atoms with Gasteiger partial charge >= 0.3 is 6.03 Å². The summed E-state index contributed by atoms with van der Waals surface area (Å²) in [7, 11) is 1.65. The lowest BCUT2D eigenvalue weighted by atomic mass is 10.0. The van der Waals surface area contributed by atoms with Gasteiger partial charge in [0.2, 0.25) is 0 Å². The second-order valence-electron chi connectivity index (χ2n) is 7.05. The van der Waals surface area contributed by atoms with E-state index in [2.05, 4.69) is 16.7 Å². The molecular weight excluding hydrogens is 304 g/mol. The standard InChI is InChI=1S/C19H28N2O3/c1-12-4-7-17(23-3)16(10-12)13(2)20-19(22)21-15-8-9-24-18(11-15)14-5-6-14/h4,7,10,13-15,18H,5-6,8-9,11H2,1-3H3,(H2,20,21,22)/t13-,15+,18-/m0/s1. The second-order valence-corrected chi connectivity index (χ2v) is 7.05. The van der Waals surface area contributed by atoms with E-state index in [0.29, 0.717) is 12.0 Å². The van der Waals surface area contributed by atoms with Crippen LogP contribution in [0.15, 0.2) is 18.2 Å². The van der Waals surface area contributed by atoms with Crippen molar-refractivity contribution in [2.45, 2.75) is 57.7 Å². The highest BCUT2D eigenvalue weighted by molar-refractivity contribution is 5.75. The summed E-state index contributed by atoms with van der Waals surface area (Å²) in [6.45, 7) is 4.76. The fraction of sp³-hybridized carbons (Fsp3) is 0.632. The molecule has 1 aromatic carbocycles. The molecule has 1 saturated heterocycles. The summed E-state index contributed by atoms with van der Waals surface area (Å²) in [5, 5.41) is 6.15. The zero-order valence-corrected chi connectivity index (χ0v) is 14.8. The molecule has 1 saturated carbocycles. The smallest absolute Gasteiger partial charge is 0.315 e. The highest BCUT2D eigenvalue weighted by Gasteiger charge is 2.36. The normalized spacial score (nSPS) is 25.0. The quantitative estimate of drug-likeness (QED) is 0.869. The minimum atomic E-state index is -0.118. The number of carbonyl (C=O) groups excluding carboxylic acids is 1. The molecule has 5 heteroatoms. The topological polar surface area (TPSA) is 59.6 Å². The molecule has 5 nitrogen and oxygen atoms in total. The molecule has 1 aliphatic carbocycles. The number of amides is 2. The van der Waals surface area contributed by atoms with E-state index in [1.165, 1.54) is 12.8 Å². The number of rotatable bonds is 5. The van der Waals surface area contributed by atoms with Crippen molar-refractivity contribution in [3.8, 4) is 5.75 Å². The molecule has 2 N–H and O–H groups in total. The Bertz CT molecular complexity index is 586. The lowest BCUT2D eigenvalue weighted by Gasteiger charge is -2.30. The van der Waals surface area contributed by atoms with E-state index in [4.69, 9.17) is 9.47 Å². The number of hydrogen-bond donors (Lipinski definition) is 2. The summed E-state index contributed by atoms with van der Waals surface area (Å²) in [6.07, 6.45) is 4.69. The van der Waals surface area contributed by atoms with E-state index in [9.17, 15) is 4.79 Å². The van der Waals surface area contributed by atoms with Gasteiger partial charge in [0.25, 0.3) is 0 Å². The summed E-state index contributed by atoms with van der Waals surface area (Å²) in [5.41, 5.74) is 2.15. The van der Waals surface area contributed by atoms with Gasteiger partial charge in [0.05, 0.1) is 19.3 Å². The van der Waals surface area contributed by atoms with Gasteiger partial charge in [-0.2, -0.15) is 0 Å². The van der Waals surface area contributed by atoms with Crippen LogP contribution < -0.4 is 15.4 Å². The third-order valence-electron chi connectivity index (χ3n) is 5.00.